The van der Waals surface area contributed by atoms with Gasteiger partial charge in [-0.25, -0.2) is 13.1 Å². The van der Waals surface area contributed by atoms with Gasteiger partial charge in [0.15, 0.2) is 0 Å². The predicted molar refractivity (Wildman–Crippen MR) is 75.0 cm³/mol. The van der Waals surface area contributed by atoms with Crippen LogP contribution in [0.3, 0.4) is 0 Å². The summed E-state index contributed by atoms with van der Waals surface area (Å²) in [5.74, 6) is 0. The number of unbranched alkanes of at least 4 members (excludes halogenated alkanes) is 1. The molecule has 18 heavy (non-hydrogen) atoms. The van der Waals surface area contributed by atoms with Crippen molar-refractivity contribution in [1.82, 2.24) is 4.72 Å². The smallest absolute Gasteiger partial charge is 0.211 e. The molecule has 0 heterocycles. The monoisotopic (exact) mass is 267 g/mol. The van der Waals surface area contributed by atoms with Crippen LogP contribution in [-0.2, 0) is 10.0 Å². The summed E-state index contributed by atoms with van der Waals surface area (Å²) in [4.78, 5) is 0.329. The third-order valence-corrected chi connectivity index (χ3v) is 4.03. The van der Waals surface area contributed by atoms with Crippen LogP contribution in [0.4, 0.5) is 0 Å². The van der Waals surface area contributed by atoms with Gasteiger partial charge in [-0.2, -0.15) is 0 Å². The van der Waals surface area contributed by atoms with Crippen LogP contribution in [0, 0.1) is 6.92 Å². The summed E-state index contributed by atoms with van der Waals surface area (Å²) in [6.45, 7) is 6.48. The fraction of sp³-hybridized carbons (Fsp3) is 0.429. The predicted octanol–water partition coefficient (Wildman–Crippen LogP) is 3.02. The van der Waals surface area contributed by atoms with Gasteiger partial charge in [0.05, 0.1) is 4.90 Å². The minimum Gasteiger partial charge on any atom is -0.211 e. The van der Waals surface area contributed by atoms with Gasteiger partial charge >= 0.3 is 0 Å². The number of hydrogen-bond acceptors (Lipinski definition) is 2. The van der Waals surface area contributed by atoms with Crippen molar-refractivity contribution in [1.29, 1.82) is 0 Å². The van der Waals surface area contributed by atoms with E-state index in [1.807, 2.05) is 20.8 Å². The average Bonchev–Trinajstić information content (AvgIpc) is 2.28. The average molecular weight is 267 g/mol. The van der Waals surface area contributed by atoms with Crippen molar-refractivity contribution in [2.75, 3.05) is 6.54 Å². The van der Waals surface area contributed by atoms with Gasteiger partial charge in [0.25, 0.3) is 0 Å². The molecular formula is C14H21NO2S. The first kappa shape index (κ1) is 14.9. The number of nitrogens with one attached hydrogen (secondary N) is 1. The topological polar surface area (TPSA) is 46.2 Å². The quantitative estimate of drug-likeness (QED) is 0.636. The Labute approximate surface area is 110 Å². The standard InChI is InChI=1S/C14H21NO2S/c1-12(2)6-4-5-11-15-18(16,17)14-9-7-13(3)8-10-14/h6-10,15H,4-5,11H2,1-3H3. The third-order valence-electron chi connectivity index (χ3n) is 2.56. The Hall–Kier alpha value is -1.13. The van der Waals surface area contributed by atoms with Gasteiger partial charge in [-0.1, -0.05) is 29.3 Å². The minimum absolute atomic E-state index is 0.329. The number of hydrogen-bond donors (Lipinski definition) is 1. The van der Waals surface area contributed by atoms with Crippen LogP contribution in [0.2, 0.25) is 0 Å². The van der Waals surface area contributed by atoms with Gasteiger partial charge in [0.1, 0.15) is 0 Å². The number of sulfonamides is 1. The molecule has 1 aromatic carbocycles. The van der Waals surface area contributed by atoms with Crippen LogP contribution >= 0.6 is 0 Å². The molecule has 0 aromatic heterocycles. The van der Waals surface area contributed by atoms with Crippen LogP contribution in [0.25, 0.3) is 0 Å². The molecule has 0 aliphatic rings. The SMILES string of the molecule is CC(C)=CCCCNS(=O)(=O)c1ccc(C)cc1. The number of allylic oxidation sites excluding steroid dienone is 2. The van der Waals surface area contributed by atoms with Crippen LogP contribution in [0.5, 0.6) is 0 Å². The lowest BCUT2D eigenvalue weighted by atomic mass is 10.2. The van der Waals surface area contributed by atoms with E-state index in [4.69, 9.17) is 0 Å². The third kappa shape index (κ3) is 5.02. The van der Waals surface area contributed by atoms with Crippen molar-refractivity contribution < 1.29 is 8.42 Å². The van der Waals surface area contributed by atoms with Crippen molar-refractivity contribution in [2.45, 2.75) is 38.5 Å². The molecule has 0 fully saturated rings. The highest BCUT2D eigenvalue weighted by atomic mass is 32.2. The van der Waals surface area contributed by atoms with E-state index >= 15 is 0 Å². The van der Waals surface area contributed by atoms with Crippen molar-refractivity contribution in [3.05, 3.63) is 41.5 Å². The van der Waals surface area contributed by atoms with E-state index in [9.17, 15) is 8.42 Å². The molecule has 0 unspecified atom stereocenters. The molecule has 0 spiro atoms. The summed E-state index contributed by atoms with van der Waals surface area (Å²) in [6, 6.07) is 6.87. The summed E-state index contributed by atoms with van der Waals surface area (Å²) in [6.07, 6.45) is 3.83. The second-order valence-corrected chi connectivity index (χ2v) is 6.40. The Kier molecular flexibility index (Phi) is 5.56. The molecule has 0 saturated carbocycles. The summed E-state index contributed by atoms with van der Waals surface area (Å²) in [5.41, 5.74) is 2.31. The first-order valence-electron chi connectivity index (χ1n) is 6.11. The lowest BCUT2D eigenvalue weighted by Crippen LogP contribution is -2.24. The van der Waals surface area contributed by atoms with Gasteiger partial charge in [0, 0.05) is 6.54 Å². The Balaban J connectivity index is 2.50. The molecule has 0 amide bonds. The van der Waals surface area contributed by atoms with E-state index in [1.54, 1.807) is 24.3 Å². The van der Waals surface area contributed by atoms with E-state index in [0.717, 1.165) is 18.4 Å². The fourth-order valence-corrected chi connectivity index (χ4v) is 2.57. The molecule has 0 atom stereocenters. The molecule has 0 radical (unpaired) electrons. The zero-order chi connectivity index (χ0) is 13.6. The summed E-state index contributed by atoms with van der Waals surface area (Å²) in [7, 11) is -3.35. The highest BCUT2D eigenvalue weighted by Crippen LogP contribution is 2.09. The van der Waals surface area contributed by atoms with E-state index in [-0.39, 0.29) is 0 Å². The van der Waals surface area contributed by atoms with E-state index in [0.29, 0.717) is 11.4 Å². The molecule has 4 heteroatoms. The van der Waals surface area contributed by atoms with E-state index < -0.39 is 10.0 Å². The van der Waals surface area contributed by atoms with Crippen molar-refractivity contribution >= 4 is 10.0 Å². The Morgan fingerprint density at radius 3 is 2.39 bits per heavy atom. The van der Waals surface area contributed by atoms with Gasteiger partial charge in [-0.15, -0.1) is 0 Å². The second kappa shape index (κ2) is 6.71. The molecule has 0 bridgehead atoms. The Morgan fingerprint density at radius 1 is 1.22 bits per heavy atom. The zero-order valence-corrected chi connectivity index (χ0v) is 12.0. The lowest BCUT2D eigenvalue weighted by molar-refractivity contribution is 0.579. The van der Waals surface area contributed by atoms with E-state index in [1.165, 1.54) is 5.57 Å². The van der Waals surface area contributed by atoms with Crippen LogP contribution < -0.4 is 4.72 Å². The van der Waals surface area contributed by atoms with Crippen molar-refractivity contribution in [2.24, 2.45) is 0 Å². The number of rotatable bonds is 6. The molecule has 0 aliphatic carbocycles. The van der Waals surface area contributed by atoms with Gasteiger partial charge < -0.3 is 0 Å². The number of benzene rings is 1. The fourth-order valence-electron chi connectivity index (χ4n) is 1.50. The molecular weight excluding hydrogens is 246 g/mol. The van der Waals surface area contributed by atoms with Crippen LogP contribution in [-0.4, -0.2) is 15.0 Å². The molecule has 1 rings (SSSR count). The molecule has 0 saturated heterocycles. The van der Waals surface area contributed by atoms with Crippen molar-refractivity contribution in [3.63, 3.8) is 0 Å². The molecule has 1 N–H and O–H groups in total. The molecule has 1 aromatic rings. The highest BCUT2D eigenvalue weighted by molar-refractivity contribution is 7.89. The summed E-state index contributed by atoms with van der Waals surface area (Å²) < 4.78 is 26.4. The zero-order valence-electron chi connectivity index (χ0n) is 11.2. The maximum atomic E-state index is 11.9. The molecule has 100 valence electrons. The highest BCUT2D eigenvalue weighted by Gasteiger charge is 2.11. The normalized spacial score (nSPS) is 11.3. The van der Waals surface area contributed by atoms with Crippen LogP contribution in [0.15, 0.2) is 40.8 Å². The van der Waals surface area contributed by atoms with Gasteiger partial charge in [-0.3, -0.25) is 0 Å². The summed E-state index contributed by atoms with van der Waals surface area (Å²) >= 11 is 0. The maximum Gasteiger partial charge on any atom is 0.240 e. The largest absolute Gasteiger partial charge is 0.240 e. The first-order chi connectivity index (χ1) is 8.42. The minimum atomic E-state index is -3.35. The first-order valence-corrected chi connectivity index (χ1v) is 7.60. The van der Waals surface area contributed by atoms with Gasteiger partial charge in [0.2, 0.25) is 10.0 Å². The summed E-state index contributed by atoms with van der Waals surface area (Å²) in [5, 5.41) is 0. The molecule has 3 nitrogen and oxygen atoms in total. The van der Waals surface area contributed by atoms with Gasteiger partial charge in [-0.05, 0) is 45.7 Å². The lowest BCUT2D eigenvalue weighted by Gasteiger charge is -2.06. The molecule has 0 aliphatic heterocycles. The maximum absolute atomic E-state index is 11.9. The Bertz CT molecular complexity index is 497. The second-order valence-electron chi connectivity index (χ2n) is 4.63. The Morgan fingerprint density at radius 2 is 1.83 bits per heavy atom. The van der Waals surface area contributed by atoms with Crippen LogP contribution in [0.1, 0.15) is 32.3 Å². The van der Waals surface area contributed by atoms with Crippen molar-refractivity contribution in [3.8, 4) is 0 Å². The van der Waals surface area contributed by atoms with E-state index in [2.05, 4.69) is 10.8 Å². The number of aryl methyl sites for hydroxylation is 1.